The van der Waals surface area contributed by atoms with E-state index in [4.69, 9.17) is 0 Å². The van der Waals surface area contributed by atoms with Gasteiger partial charge in [0, 0.05) is 22.9 Å². The van der Waals surface area contributed by atoms with Gasteiger partial charge in [0.05, 0.1) is 0 Å². The Bertz CT molecular complexity index is 270. The minimum Gasteiger partial charge on any atom is -0.309 e. The number of hydrogen-bond donors (Lipinski definition) is 1. The fourth-order valence-corrected chi connectivity index (χ4v) is 2.78. The van der Waals surface area contributed by atoms with Gasteiger partial charge >= 0.3 is 0 Å². The van der Waals surface area contributed by atoms with Crippen LogP contribution in [0.1, 0.15) is 67.2 Å². The summed E-state index contributed by atoms with van der Waals surface area (Å²) in [6.07, 6.45) is 4.50. The van der Waals surface area contributed by atoms with Crippen LogP contribution in [0.3, 0.4) is 0 Å². The molecule has 1 fully saturated rings. The summed E-state index contributed by atoms with van der Waals surface area (Å²) >= 11 is 0. The summed E-state index contributed by atoms with van der Waals surface area (Å²) in [6.45, 7) is 12.7. The summed E-state index contributed by atoms with van der Waals surface area (Å²) in [4.78, 5) is 12.3. The van der Waals surface area contributed by atoms with Gasteiger partial charge in [0.1, 0.15) is 5.78 Å². The molecular weight excluding hydrogens is 210 g/mol. The van der Waals surface area contributed by atoms with Crippen molar-refractivity contribution in [2.75, 3.05) is 0 Å². The average molecular weight is 239 g/mol. The monoisotopic (exact) mass is 239 g/mol. The largest absolute Gasteiger partial charge is 0.309 e. The third kappa shape index (κ3) is 4.79. The highest BCUT2D eigenvalue weighted by molar-refractivity contribution is 5.86. The molecule has 2 atom stereocenters. The van der Waals surface area contributed by atoms with Crippen molar-refractivity contribution in [2.45, 2.75) is 78.8 Å². The molecule has 100 valence electrons. The van der Waals surface area contributed by atoms with Gasteiger partial charge in [-0.25, -0.2) is 0 Å². The van der Waals surface area contributed by atoms with Gasteiger partial charge in [-0.1, -0.05) is 27.2 Å². The molecule has 1 aliphatic rings. The van der Waals surface area contributed by atoms with Crippen LogP contribution in [0.25, 0.3) is 0 Å². The van der Waals surface area contributed by atoms with Crippen molar-refractivity contribution in [1.82, 2.24) is 5.32 Å². The summed E-state index contributed by atoms with van der Waals surface area (Å²) in [6, 6.07) is 0.514. The second-order valence-corrected chi connectivity index (χ2v) is 7.57. The van der Waals surface area contributed by atoms with Crippen LogP contribution in [0.2, 0.25) is 0 Å². The lowest BCUT2D eigenvalue weighted by Crippen LogP contribution is -2.47. The Labute approximate surface area is 107 Å². The highest BCUT2D eigenvalue weighted by Crippen LogP contribution is 2.31. The van der Waals surface area contributed by atoms with E-state index in [1.807, 2.05) is 20.8 Å². The first kappa shape index (κ1) is 14.7. The Kier molecular flexibility index (Phi) is 4.40. The normalized spacial score (nSPS) is 26.9. The van der Waals surface area contributed by atoms with Crippen LogP contribution in [0, 0.1) is 11.3 Å². The summed E-state index contributed by atoms with van der Waals surface area (Å²) in [5.41, 5.74) is -0.0361. The van der Waals surface area contributed by atoms with Crippen LogP contribution in [0.5, 0.6) is 0 Å². The maximum atomic E-state index is 12.3. The first-order chi connectivity index (χ1) is 7.59. The van der Waals surface area contributed by atoms with Gasteiger partial charge in [0.2, 0.25) is 0 Å². The highest BCUT2D eigenvalue weighted by Gasteiger charge is 2.34. The Hall–Kier alpha value is -0.370. The number of carbonyl (C=O) groups is 1. The van der Waals surface area contributed by atoms with Gasteiger partial charge in [0.25, 0.3) is 0 Å². The van der Waals surface area contributed by atoms with Crippen LogP contribution in [0.15, 0.2) is 0 Å². The third-order valence-electron chi connectivity index (χ3n) is 3.42. The van der Waals surface area contributed by atoms with Gasteiger partial charge in [-0.15, -0.1) is 0 Å². The smallest absolute Gasteiger partial charge is 0.141 e. The van der Waals surface area contributed by atoms with Crippen molar-refractivity contribution in [3.8, 4) is 0 Å². The number of ketones is 1. The molecule has 2 nitrogen and oxygen atoms in total. The lowest BCUT2D eigenvalue weighted by Gasteiger charge is -2.36. The zero-order valence-electron chi connectivity index (χ0n) is 12.4. The number of rotatable bonds is 2. The number of nitrogens with one attached hydrogen (secondary N) is 1. The molecule has 0 amide bonds. The molecule has 0 aromatic carbocycles. The van der Waals surface area contributed by atoms with E-state index in [2.05, 4.69) is 26.1 Å². The van der Waals surface area contributed by atoms with Crippen molar-refractivity contribution in [3.63, 3.8) is 0 Å². The van der Waals surface area contributed by atoms with Crippen LogP contribution < -0.4 is 5.32 Å². The molecule has 0 bridgehead atoms. The number of hydrogen-bond acceptors (Lipinski definition) is 2. The van der Waals surface area contributed by atoms with E-state index in [9.17, 15) is 4.79 Å². The van der Waals surface area contributed by atoms with E-state index in [1.54, 1.807) is 0 Å². The standard InChI is InChI=1S/C15H29NO/c1-14(2,3)13(17)11-8-7-9-12(10-11)16-15(4,5)6/h11-12,16H,7-10H2,1-6H3. The molecule has 0 spiro atoms. The van der Waals surface area contributed by atoms with E-state index in [0.29, 0.717) is 11.8 Å². The van der Waals surface area contributed by atoms with Crippen LogP contribution in [-0.2, 0) is 4.79 Å². The van der Waals surface area contributed by atoms with Crippen LogP contribution in [0.4, 0.5) is 0 Å². The Balaban J connectivity index is 2.58. The number of Topliss-reactive ketones (excluding diaryl/α,β-unsaturated/α-hetero) is 1. The van der Waals surface area contributed by atoms with Gasteiger partial charge in [-0.3, -0.25) is 4.79 Å². The quantitative estimate of drug-likeness (QED) is 0.798. The summed E-state index contributed by atoms with van der Waals surface area (Å²) in [7, 11) is 0. The molecule has 0 radical (unpaired) electrons. The molecule has 1 rings (SSSR count). The van der Waals surface area contributed by atoms with E-state index >= 15 is 0 Å². The first-order valence-corrected chi connectivity index (χ1v) is 6.91. The third-order valence-corrected chi connectivity index (χ3v) is 3.42. The van der Waals surface area contributed by atoms with Crippen molar-refractivity contribution < 1.29 is 4.79 Å². The predicted molar refractivity (Wildman–Crippen MR) is 73.1 cm³/mol. The zero-order valence-corrected chi connectivity index (χ0v) is 12.4. The van der Waals surface area contributed by atoms with E-state index in [-0.39, 0.29) is 16.9 Å². The topological polar surface area (TPSA) is 29.1 Å². The zero-order chi connectivity index (χ0) is 13.3. The maximum absolute atomic E-state index is 12.3. The second kappa shape index (κ2) is 5.09. The van der Waals surface area contributed by atoms with Gasteiger partial charge in [-0.2, -0.15) is 0 Å². The van der Waals surface area contributed by atoms with Gasteiger partial charge in [0.15, 0.2) is 0 Å². The van der Waals surface area contributed by atoms with E-state index < -0.39 is 0 Å². The molecule has 1 N–H and O–H groups in total. The molecule has 2 heteroatoms. The van der Waals surface area contributed by atoms with Gasteiger partial charge < -0.3 is 5.32 Å². The first-order valence-electron chi connectivity index (χ1n) is 6.91. The SMILES string of the molecule is CC(C)(C)NC1CCCC(C(=O)C(C)(C)C)C1. The summed E-state index contributed by atoms with van der Waals surface area (Å²) in [5, 5.41) is 3.64. The van der Waals surface area contributed by atoms with E-state index in [0.717, 1.165) is 12.8 Å². The highest BCUT2D eigenvalue weighted by atomic mass is 16.1. The molecule has 0 aromatic rings. The molecule has 1 aliphatic carbocycles. The fraction of sp³-hybridized carbons (Fsp3) is 0.933. The summed E-state index contributed by atoms with van der Waals surface area (Å²) in [5.74, 6) is 0.710. The van der Waals surface area contributed by atoms with Crippen molar-refractivity contribution in [3.05, 3.63) is 0 Å². The van der Waals surface area contributed by atoms with Crippen LogP contribution >= 0.6 is 0 Å². The minimum absolute atomic E-state index is 0.150. The van der Waals surface area contributed by atoms with Crippen molar-refractivity contribution in [1.29, 1.82) is 0 Å². The predicted octanol–water partition coefficient (Wildman–Crippen LogP) is 3.55. The van der Waals surface area contributed by atoms with Gasteiger partial charge in [-0.05, 0) is 40.0 Å². The average Bonchev–Trinajstić information content (AvgIpc) is 2.12. The lowest BCUT2D eigenvalue weighted by atomic mass is 9.74. The Morgan fingerprint density at radius 2 is 1.65 bits per heavy atom. The van der Waals surface area contributed by atoms with Crippen LogP contribution in [-0.4, -0.2) is 17.4 Å². The molecular formula is C15H29NO. The molecule has 0 aliphatic heterocycles. The molecule has 0 heterocycles. The second-order valence-electron chi connectivity index (χ2n) is 7.57. The molecule has 2 unspecified atom stereocenters. The maximum Gasteiger partial charge on any atom is 0.141 e. The molecule has 1 saturated carbocycles. The molecule has 0 aromatic heterocycles. The van der Waals surface area contributed by atoms with E-state index in [1.165, 1.54) is 12.8 Å². The Morgan fingerprint density at radius 3 is 2.12 bits per heavy atom. The van der Waals surface area contributed by atoms with Crippen molar-refractivity contribution >= 4 is 5.78 Å². The number of carbonyl (C=O) groups excluding carboxylic acids is 1. The molecule has 17 heavy (non-hydrogen) atoms. The lowest BCUT2D eigenvalue weighted by molar-refractivity contribution is -0.131. The Morgan fingerprint density at radius 1 is 1.06 bits per heavy atom. The molecule has 0 saturated heterocycles. The minimum atomic E-state index is -0.186. The summed E-state index contributed by atoms with van der Waals surface area (Å²) < 4.78 is 0. The fourth-order valence-electron chi connectivity index (χ4n) is 2.78. The van der Waals surface area contributed by atoms with Crippen molar-refractivity contribution in [2.24, 2.45) is 11.3 Å².